The Morgan fingerprint density at radius 2 is 1.95 bits per heavy atom. The van der Waals surface area contributed by atoms with Gasteiger partial charge in [0.15, 0.2) is 11.5 Å². The first-order chi connectivity index (χ1) is 9.00. The fraction of sp³-hybridized carbons (Fsp3) is 0.500. The predicted octanol–water partition coefficient (Wildman–Crippen LogP) is 1.07. The Morgan fingerprint density at radius 3 is 2.47 bits per heavy atom. The summed E-state index contributed by atoms with van der Waals surface area (Å²) in [7, 11) is -0.602. The molecule has 106 valence electrons. The molecule has 7 heteroatoms. The molecule has 1 aromatic rings. The molecular weight excluding hydrogens is 270 g/mol. The van der Waals surface area contributed by atoms with Gasteiger partial charge in [-0.15, -0.1) is 0 Å². The normalized spacial score (nSPS) is 20.5. The molecule has 6 nitrogen and oxygen atoms in total. The SMILES string of the molecule is COc1ccc(S(=O)(=O)N2CCOC2C)cc1OC. The predicted molar refractivity (Wildman–Crippen MR) is 68.9 cm³/mol. The standard InChI is InChI=1S/C12H17NO5S/c1-9-13(6-7-18-9)19(14,15)10-4-5-11(16-2)12(8-10)17-3/h4-5,8-9H,6-7H2,1-3H3. The molecular formula is C12H17NO5S. The molecule has 1 heterocycles. The van der Waals surface area contributed by atoms with Crippen molar-refractivity contribution in [2.45, 2.75) is 18.0 Å². The monoisotopic (exact) mass is 287 g/mol. The molecule has 1 atom stereocenters. The summed E-state index contributed by atoms with van der Waals surface area (Å²) in [5.41, 5.74) is 0. The lowest BCUT2D eigenvalue weighted by Gasteiger charge is -2.20. The lowest BCUT2D eigenvalue weighted by atomic mass is 10.3. The number of nitrogens with zero attached hydrogens (tertiary/aromatic N) is 1. The second kappa shape index (κ2) is 5.36. The number of hydrogen-bond acceptors (Lipinski definition) is 5. The topological polar surface area (TPSA) is 65.1 Å². The molecule has 0 spiro atoms. The Balaban J connectivity index is 2.40. The van der Waals surface area contributed by atoms with Crippen LogP contribution in [0.15, 0.2) is 23.1 Å². The second-order valence-corrected chi connectivity index (χ2v) is 5.99. The Kier molecular flexibility index (Phi) is 3.98. The van der Waals surface area contributed by atoms with Crippen molar-refractivity contribution in [1.82, 2.24) is 4.31 Å². The first-order valence-corrected chi connectivity index (χ1v) is 7.30. The van der Waals surface area contributed by atoms with Crippen molar-refractivity contribution in [2.75, 3.05) is 27.4 Å². The van der Waals surface area contributed by atoms with E-state index in [2.05, 4.69) is 0 Å². The van der Waals surface area contributed by atoms with E-state index in [1.807, 2.05) is 0 Å². The van der Waals surface area contributed by atoms with Crippen LogP contribution in [-0.4, -0.2) is 46.3 Å². The summed E-state index contributed by atoms with van der Waals surface area (Å²) in [6.45, 7) is 2.48. The van der Waals surface area contributed by atoms with Crippen LogP contribution in [0.25, 0.3) is 0 Å². The van der Waals surface area contributed by atoms with Crippen LogP contribution in [0.2, 0.25) is 0 Å². The maximum absolute atomic E-state index is 12.5. The highest BCUT2D eigenvalue weighted by atomic mass is 32.2. The van der Waals surface area contributed by atoms with Gasteiger partial charge in [-0.05, 0) is 19.1 Å². The molecule has 19 heavy (non-hydrogen) atoms. The van der Waals surface area contributed by atoms with Gasteiger partial charge in [0.2, 0.25) is 10.0 Å². The van der Waals surface area contributed by atoms with E-state index in [0.29, 0.717) is 24.7 Å². The molecule has 1 aromatic carbocycles. The first-order valence-electron chi connectivity index (χ1n) is 5.86. The molecule has 0 aromatic heterocycles. The molecule has 2 rings (SSSR count). The minimum atomic E-state index is -3.57. The highest BCUT2D eigenvalue weighted by molar-refractivity contribution is 7.89. The maximum atomic E-state index is 12.5. The van der Waals surface area contributed by atoms with Crippen molar-refractivity contribution in [1.29, 1.82) is 0 Å². The van der Waals surface area contributed by atoms with Gasteiger partial charge in [-0.2, -0.15) is 4.31 Å². The molecule has 0 N–H and O–H groups in total. The molecule has 0 radical (unpaired) electrons. The number of hydrogen-bond donors (Lipinski definition) is 0. The van der Waals surface area contributed by atoms with Crippen LogP contribution >= 0.6 is 0 Å². The average molecular weight is 287 g/mol. The molecule has 0 aliphatic carbocycles. The number of ether oxygens (including phenoxy) is 3. The van der Waals surface area contributed by atoms with E-state index in [1.165, 1.54) is 30.7 Å². The average Bonchev–Trinajstić information content (AvgIpc) is 2.84. The summed E-state index contributed by atoms with van der Waals surface area (Å²) in [5, 5.41) is 0. The fourth-order valence-corrected chi connectivity index (χ4v) is 3.54. The lowest BCUT2D eigenvalue weighted by molar-refractivity contribution is 0.0846. The number of benzene rings is 1. The van der Waals surface area contributed by atoms with Crippen molar-refractivity contribution in [3.63, 3.8) is 0 Å². The molecule has 0 bridgehead atoms. The van der Waals surface area contributed by atoms with E-state index < -0.39 is 16.3 Å². The lowest BCUT2D eigenvalue weighted by Crippen LogP contribution is -2.34. The van der Waals surface area contributed by atoms with Gasteiger partial charge in [0.05, 0.1) is 25.7 Å². The molecule has 1 fully saturated rings. The fourth-order valence-electron chi connectivity index (χ4n) is 2.01. The summed E-state index contributed by atoms with van der Waals surface area (Å²) < 4.78 is 41.7. The van der Waals surface area contributed by atoms with Gasteiger partial charge in [-0.1, -0.05) is 0 Å². The van der Waals surface area contributed by atoms with Crippen molar-refractivity contribution in [3.05, 3.63) is 18.2 Å². The summed E-state index contributed by atoms with van der Waals surface area (Å²) >= 11 is 0. The highest BCUT2D eigenvalue weighted by Gasteiger charge is 2.33. The minimum absolute atomic E-state index is 0.169. The van der Waals surface area contributed by atoms with Crippen molar-refractivity contribution in [2.24, 2.45) is 0 Å². The molecule has 1 saturated heterocycles. The minimum Gasteiger partial charge on any atom is -0.493 e. The number of methoxy groups -OCH3 is 2. The van der Waals surface area contributed by atoms with E-state index in [1.54, 1.807) is 13.0 Å². The zero-order valence-corrected chi connectivity index (χ0v) is 11.9. The smallest absolute Gasteiger partial charge is 0.245 e. The van der Waals surface area contributed by atoms with Gasteiger partial charge in [0.1, 0.15) is 6.23 Å². The Hall–Kier alpha value is -1.31. The van der Waals surface area contributed by atoms with Crippen LogP contribution in [0.5, 0.6) is 11.5 Å². The van der Waals surface area contributed by atoms with Crippen molar-refractivity contribution in [3.8, 4) is 11.5 Å². The zero-order valence-electron chi connectivity index (χ0n) is 11.1. The van der Waals surface area contributed by atoms with E-state index in [0.717, 1.165) is 0 Å². The van der Waals surface area contributed by atoms with E-state index in [9.17, 15) is 8.42 Å². The number of rotatable bonds is 4. The largest absolute Gasteiger partial charge is 0.493 e. The van der Waals surface area contributed by atoms with Crippen LogP contribution in [0.3, 0.4) is 0 Å². The molecule has 1 aliphatic heterocycles. The van der Waals surface area contributed by atoms with Gasteiger partial charge in [-0.25, -0.2) is 8.42 Å². The van der Waals surface area contributed by atoms with Gasteiger partial charge in [0, 0.05) is 12.6 Å². The van der Waals surface area contributed by atoms with Gasteiger partial charge in [-0.3, -0.25) is 0 Å². The van der Waals surface area contributed by atoms with Crippen LogP contribution < -0.4 is 9.47 Å². The quantitative estimate of drug-likeness (QED) is 0.829. The molecule has 1 aliphatic rings. The third kappa shape index (κ3) is 2.54. The van der Waals surface area contributed by atoms with E-state index in [-0.39, 0.29) is 4.90 Å². The van der Waals surface area contributed by atoms with Crippen molar-refractivity contribution < 1.29 is 22.6 Å². The Labute approximate surface area is 112 Å². The van der Waals surface area contributed by atoms with Crippen LogP contribution in [-0.2, 0) is 14.8 Å². The first kappa shape index (κ1) is 14.1. The summed E-state index contributed by atoms with van der Waals surface area (Å²) in [6, 6.07) is 4.54. The Bertz CT molecular complexity index is 557. The Morgan fingerprint density at radius 1 is 1.26 bits per heavy atom. The zero-order chi connectivity index (χ0) is 14.0. The summed E-state index contributed by atoms with van der Waals surface area (Å²) in [5.74, 6) is 0.878. The van der Waals surface area contributed by atoms with Gasteiger partial charge < -0.3 is 14.2 Å². The summed E-state index contributed by atoms with van der Waals surface area (Å²) in [6.07, 6.45) is -0.446. The van der Waals surface area contributed by atoms with Crippen molar-refractivity contribution >= 4 is 10.0 Å². The van der Waals surface area contributed by atoms with E-state index >= 15 is 0 Å². The third-order valence-corrected chi connectivity index (χ3v) is 4.98. The second-order valence-electron chi connectivity index (χ2n) is 4.10. The molecule has 0 saturated carbocycles. The third-order valence-electron chi connectivity index (χ3n) is 3.04. The van der Waals surface area contributed by atoms with E-state index in [4.69, 9.17) is 14.2 Å². The van der Waals surface area contributed by atoms with Crippen LogP contribution in [0.1, 0.15) is 6.92 Å². The van der Waals surface area contributed by atoms with Crippen LogP contribution in [0.4, 0.5) is 0 Å². The molecule has 0 amide bonds. The van der Waals surface area contributed by atoms with Gasteiger partial charge >= 0.3 is 0 Å². The number of sulfonamides is 1. The summed E-state index contributed by atoms with van der Waals surface area (Å²) in [4.78, 5) is 0.169. The van der Waals surface area contributed by atoms with Gasteiger partial charge in [0.25, 0.3) is 0 Å². The molecule has 1 unspecified atom stereocenters. The highest BCUT2D eigenvalue weighted by Crippen LogP contribution is 2.31. The van der Waals surface area contributed by atoms with Crippen LogP contribution in [0, 0.1) is 0 Å². The maximum Gasteiger partial charge on any atom is 0.245 e.